The minimum Gasteiger partial charge on any atom is -0.470 e. The molecule has 0 aromatic carbocycles. The Morgan fingerprint density at radius 1 is 1.17 bits per heavy atom. The van der Waals surface area contributed by atoms with Crippen molar-refractivity contribution in [3.63, 3.8) is 0 Å². The summed E-state index contributed by atoms with van der Waals surface area (Å²) in [6.07, 6.45) is 3.57. The Bertz CT molecular complexity index is 759. The summed E-state index contributed by atoms with van der Waals surface area (Å²) in [7, 11) is 0. The van der Waals surface area contributed by atoms with Crippen molar-refractivity contribution < 1.29 is 4.74 Å². The Morgan fingerprint density at radius 2 is 1.96 bits per heavy atom. The molecule has 1 aliphatic heterocycles. The van der Waals surface area contributed by atoms with E-state index in [9.17, 15) is 0 Å². The minimum absolute atomic E-state index is 0.0605. The number of nitrogens with zero attached hydrogens (tertiary/aromatic N) is 3. The third-order valence-electron chi connectivity index (χ3n) is 3.59. The third-order valence-corrected chi connectivity index (χ3v) is 4.40. The van der Waals surface area contributed by atoms with Crippen LogP contribution in [0.5, 0.6) is 5.88 Å². The van der Waals surface area contributed by atoms with E-state index in [1.165, 1.54) is 0 Å². The van der Waals surface area contributed by atoms with Gasteiger partial charge in [0.15, 0.2) is 0 Å². The molecule has 3 rings (SSSR count). The van der Waals surface area contributed by atoms with Crippen molar-refractivity contribution in [1.82, 2.24) is 9.97 Å². The number of hydrogen-bond acceptors (Lipinski definition) is 4. The number of aromatic nitrogens is 2. The summed E-state index contributed by atoms with van der Waals surface area (Å²) in [6.45, 7) is 9.07. The molecular weight excluding hydrogens is 378 g/mol. The Morgan fingerprint density at radius 3 is 2.65 bits per heavy atom. The molecule has 1 aliphatic rings. The van der Waals surface area contributed by atoms with Crippen LogP contribution in [-0.4, -0.2) is 29.2 Å². The summed E-state index contributed by atoms with van der Waals surface area (Å²) >= 11 is 9.31. The van der Waals surface area contributed by atoms with Crippen LogP contribution in [0.2, 0.25) is 5.15 Å². The van der Waals surface area contributed by atoms with Crippen LogP contribution in [0.25, 0.3) is 12.2 Å². The summed E-state index contributed by atoms with van der Waals surface area (Å²) in [5.41, 5.74) is 1.81. The lowest BCUT2D eigenvalue weighted by Gasteiger charge is -2.39. The van der Waals surface area contributed by atoms with Crippen LogP contribution in [0, 0.1) is 0 Å². The molecule has 118 valence electrons. The van der Waals surface area contributed by atoms with Gasteiger partial charge in [-0.3, -0.25) is 0 Å². The zero-order valence-electron chi connectivity index (χ0n) is 12.4. The summed E-state index contributed by atoms with van der Waals surface area (Å²) in [5, 5.41) is 0.414. The zero-order chi connectivity index (χ0) is 16.4. The number of ether oxygens (including phenoxy) is 1. The summed E-state index contributed by atoms with van der Waals surface area (Å²) in [6, 6.07) is 7.52. The molecule has 0 spiro atoms. The number of halogens is 2. The van der Waals surface area contributed by atoms with E-state index >= 15 is 0 Å². The number of hydrogen-bond donors (Lipinski definition) is 0. The van der Waals surface area contributed by atoms with Crippen LogP contribution in [0.15, 0.2) is 41.9 Å². The van der Waals surface area contributed by atoms with Crippen molar-refractivity contribution in [3.8, 4) is 5.88 Å². The molecule has 0 amide bonds. The van der Waals surface area contributed by atoms with E-state index in [-0.39, 0.29) is 6.10 Å². The number of pyridine rings is 2. The van der Waals surface area contributed by atoms with Gasteiger partial charge >= 0.3 is 0 Å². The Hall–Kier alpha value is -1.85. The molecule has 0 unspecified atom stereocenters. The third kappa shape index (κ3) is 3.41. The van der Waals surface area contributed by atoms with E-state index in [2.05, 4.69) is 44.0 Å². The van der Waals surface area contributed by atoms with Gasteiger partial charge in [0.25, 0.3) is 0 Å². The van der Waals surface area contributed by atoms with Crippen LogP contribution in [0.3, 0.4) is 0 Å². The van der Waals surface area contributed by atoms with Gasteiger partial charge in [0.2, 0.25) is 5.88 Å². The predicted octanol–water partition coefficient (Wildman–Crippen LogP) is 4.45. The first-order valence-corrected chi connectivity index (χ1v) is 8.27. The zero-order valence-corrected chi connectivity index (χ0v) is 14.7. The molecule has 0 N–H and O–H groups in total. The number of anilines is 1. The van der Waals surface area contributed by atoms with Crippen LogP contribution in [-0.2, 0) is 0 Å². The quantitative estimate of drug-likeness (QED) is 0.705. The first kappa shape index (κ1) is 16.0. The SMILES string of the molecule is C=Cc1ccc(N2CC(Oc3nc(Cl)ccc3Br)C2)nc1C=C. The fourth-order valence-corrected chi connectivity index (χ4v) is 2.78. The van der Waals surface area contributed by atoms with Crippen LogP contribution < -0.4 is 9.64 Å². The maximum Gasteiger partial charge on any atom is 0.229 e. The second-order valence-corrected chi connectivity index (χ2v) is 6.36. The van der Waals surface area contributed by atoms with Gasteiger partial charge in [-0.1, -0.05) is 30.8 Å². The van der Waals surface area contributed by atoms with Gasteiger partial charge in [0.1, 0.15) is 17.1 Å². The van der Waals surface area contributed by atoms with Crippen molar-refractivity contribution in [2.45, 2.75) is 6.10 Å². The van der Waals surface area contributed by atoms with Crippen LogP contribution in [0.4, 0.5) is 5.82 Å². The van der Waals surface area contributed by atoms with Crippen molar-refractivity contribution in [3.05, 3.63) is 58.3 Å². The molecular formula is C17H15BrClN3O. The van der Waals surface area contributed by atoms with E-state index < -0.39 is 0 Å². The van der Waals surface area contributed by atoms with Gasteiger partial charge in [0, 0.05) is 0 Å². The van der Waals surface area contributed by atoms with Gasteiger partial charge in [-0.2, -0.15) is 0 Å². The molecule has 0 bridgehead atoms. The lowest BCUT2D eigenvalue weighted by molar-refractivity contribution is 0.159. The molecule has 23 heavy (non-hydrogen) atoms. The monoisotopic (exact) mass is 391 g/mol. The van der Waals surface area contributed by atoms with Crippen molar-refractivity contribution in [2.24, 2.45) is 0 Å². The molecule has 2 aromatic heterocycles. The average molecular weight is 393 g/mol. The maximum atomic E-state index is 5.90. The normalized spacial score (nSPS) is 14.3. The van der Waals surface area contributed by atoms with Gasteiger partial charge in [-0.15, -0.1) is 0 Å². The smallest absolute Gasteiger partial charge is 0.229 e. The number of rotatable bonds is 5. The Labute approximate surface area is 148 Å². The standard InChI is InChI=1S/C17H15BrClN3O/c1-3-11-5-8-16(20-14(11)4-2)22-9-12(10-22)23-17-13(18)6-7-15(19)21-17/h3-8,12H,1-2,9-10H2. The van der Waals surface area contributed by atoms with E-state index in [4.69, 9.17) is 16.3 Å². The topological polar surface area (TPSA) is 38.2 Å². The van der Waals surface area contributed by atoms with E-state index in [1.54, 1.807) is 18.2 Å². The Balaban J connectivity index is 1.66. The summed E-state index contributed by atoms with van der Waals surface area (Å²) in [5.74, 6) is 1.42. The molecule has 3 heterocycles. The van der Waals surface area contributed by atoms with Gasteiger partial charge < -0.3 is 9.64 Å². The first-order valence-electron chi connectivity index (χ1n) is 7.10. The minimum atomic E-state index is 0.0605. The second-order valence-electron chi connectivity index (χ2n) is 5.12. The molecule has 1 saturated heterocycles. The van der Waals surface area contributed by atoms with E-state index in [0.29, 0.717) is 11.0 Å². The highest BCUT2D eigenvalue weighted by molar-refractivity contribution is 9.10. The predicted molar refractivity (Wildman–Crippen MR) is 98.0 cm³/mol. The maximum absolute atomic E-state index is 5.90. The average Bonchev–Trinajstić information content (AvgIpc) is 2.53. The molecule has 0 atom stereocenters. The first-order chi connectivity index (χ1) is 11.1. The van der Waals surface area contributed by atoms with Crippen molar-refractivity contribution >= 4 is 45.5 Å². The second kappa shape index (κ2) is 6.72. The molecule has 6 heteroatoms. The summed E-state index contributed by atoms with van der Waals surface area (Å²) in [4.78, 5) is 10.9. The Kier molecular flexibility index (Phi) is 4.68. The summed E-state index contributed by atoms with van der Waals surface area (Å²) < 4.78 is 6.66. The highest BCUT2D eigenvalue weighted by Gasteiger charge is 2.30. The van der Waals surface area contributed by atoms with Gasteiger partial charge in [-0.25, -0.2) is 9.97 Å². The molecule has 4 nitrogen and oxygen atoms in total. The molecule has 0 saturated carbocycles. The molecule has 2 aromatic rings. The van der Waals surface area contributed by atoms with E-state index in [1.807, 2.05) is 18.2 Å². The van der Waals surface area contributed by atoms with E-state index in [0.717, 1.165) is 34.6 Å². The molecule has 1 fully saturated rings. The van der Waals surface area contributed by atoms with Gasteiger partial charge in [-0.05, 0) is 51.8 Å². The van der Waals surface area contributed by atoms with Gasteiger partial charge in [0.05, 0.1) is 23.3 Å². The lowest BCUT2D eigenvalue weighted by Crippen LogP contribution is -2.54. The van der Waals surface area contributed by atoms with Crippen LogP contribution in [0.1, 0.15) is 11.3 Å². The van der Waals surface area contributed by atoms with Crippen molar-refractivity contribution in [1.29, 1.82) is 0 Å². The van der Waals surface area contributed by atoms with Crippen molar-refractivity contribution in [2.75, 3.05) is 18.0 Å². The fraction of sp³-hybridized carbons (Fsp3) is 0.176. The lowest BCUT2D eigenvalue weighted by atomic mass is 10.1. The fourth-order valence-electron chi connectivity index (χ4n) is 2.33. The largest absolute Gasteiger partial charge is 0.470 e. The van der Waals surface area contributed by atoms with Crippen LogP contribution >= 0.6 is 27.5 Å². The molecule has 0 radical (unpaired) electrons. The highest BCUT2D eigenvalue weighted by Crippen LogP contribution is 2.28. The molecule has 0 aliphatic carbocycles. The highest BCUT2D eigenvalue weighted by atomic mass is 79.9.